The average molecular weight is 295 g/mol. The molecule has 0 amide bonds. The average Bonchev–Trinajstić information content (AvgIpc) is 2.55. The van der Waals surface area contributed by atoms with Crippen LogP contribution in [0.3, 0.4) is 0 Å². The lowest BCUT2D eigenvalue weighted by Crippen LogP contribution is -2.08. The molecule has 0 aromatic heterocycles. The van der Waals surface area contributed by atoms with E-state index in [1.165, 1.54) is 49.7 Å². The van der Waals surface area contributed by atoms with E-state index in [0.717, 1.165) is 17.2 Å². The third-order valence-corrected chi connectivity index (χ3v) is 4.76. The summed E-state index contributed by atoms with van der Waals surface area (Å²) in [5.41, 5.74) is 2.97. The van der Waals surface area contributed by atoms with E-state index in [-0.39, 0.29) is 0 Å². The molecule has 0 heterocycles. The van der Waals surface area contributed by atoms with Crippen molar-refractivity contribution in [2.45, 2.75) is 56.7 Å². The number of hydrogen-bond donors (Lipinski definition) is 0. The van der Waals surface area contributed by atoms with Crippen LogP contribution in [0.5, 0.6) is 0 Å². The van der Waals surface area contributed by atoms with Crippen LogP contribution in [0, 0.1) is 5.92 Å². The van der Waals surface area contributed by atoms with Crippen LogP contribution in [0.15, 0.2) is 24.3 Å². The van der Waals surface area contributed by atoms with E-state index in [9.17, 15) is 0 Å². The summed E-state index contributed by atoms with van der Waals surface area (Å²) in [5.74, 6) is 0.884. The van der Waals surface area contributed by atoms with E-state index in [2.05, 4.69) is 47.1 Å². The largest absolute Gasteiger partial charge is 0.0891 e. The lowest BCUT2D eigenvalue weighted by atomic mass is 9.92. The summed E-state index contributed by atoms with van der Waals surface area (Å²) >= 11 is 3.81. The van der Waals surface area contributed by atoms with Gasteiger partial charge in [0.05, 0.1) is 0 Å². The van der Waals surface area contributed by atoms with Crippen molar-refractivity contribution in [1.82, 2.24) is 0 Å². The molecule has 0 nitrogen and oxygen atoms in total. The number of hydrogen-bond acceptors (Lipinski definition) is 0. The molecule has 0 spiro atoms. The van der Waals surface area contributed by atoms with Gasteiger partial charge in [0.1, 0.15) is 0 Å². The lowest BCUT2D eigenvalue weighted by molar-refractivity contribution is 0.463. The van der Waals surface area contributed by atoms with Gasteiger partial charge in [0.25, 0.3) is 0 Å². The van der Waals surface area contributed by atoms with Gasteiger partial charge in [0.2, 0.25) is 0 Å². The fraction of sp³-hybridized carbons (Fsp3) is 0.625. The quantitative estimate of drug-likeness (QED) is 0.535. The van der Waals surface area contributed by atoms with Gasteiger partial charge in [-0.25, -0.2) is 0 Å². The van der Waals surface area contributed by atoms with Crippen molar-refractivity contribution >= 4 is 15.9 Å². The first-order valence-electron chi connectivity index (χ1n) is 7.00. The fourth-order valence-corrected chi connectivity index (χ4v) is 3.68. The first kappa shape index (κ1) is 13.1. The predicted octanol–water partition coefficient (Wildman–Crippen LogP) is 5.14. The summed E-state index contributed by atoms with van der Waals surface area (Å²) in [6.45, 7) is 2.22. The zero-order valence-electron chi connectivity index (χ0n) is 10.8. The molecule has 0 bridgehead atoms. The molecule has 2 atom stereocenters. The van der Waals surface area contributed by atoms with Gasteiger partial charge >= 0.3 is 0 Å². The Balaban J connectivity index is 1.94. The Labute approximate surface area is 114 Å². The number of alkyl halides is 1. The molecule has 1 saturated carbocycles. The second-order valence-electron chi connectivity index (χ2n) is 5.36. The molecule has 1 aromatic rings. The highest BCUT2D eigenvalue weighted by atomic mass is 79.9. The molecular weight excluding hydrogens is 272 g/mol. The van der Waals surface area contributed by atoms with Crippen LogP contribution in [0.4, 0.5) is 0 Å². The molecule has 94 valence electrons. The maximum absolute atomic E-state index is 3.81. The van der Waals surface area contributed by atoms with Gasteiger partial charge in [-0.2, -0.15) is 0 Å². The van der Waals surface area contributed by atoms with Crippen molar-refractivity contribution in [2.75, 3.05) is 0 Å². The minimum atomic E-state index is 0.755. The molecule has 1 fully saturated rings. The molecule has 1 aliphatic carbocycles. The van der Waals surface area contributed by atoms with Gasteiger partial charge in [-0.15, -0.1) is 0 Å². The number of benzene rings is 1. The van der Waals surface area contributed by atoms with Gasteiger partial charge in [-0.05, 0) is 42.7 Å². The van der Waals surface area contributed by atoms with Crippen LogP contribution < -0.4 is 0 Å². The van der Waals surface area contributed by atoms with E-state index >= 15 is 0 Å². The number of halogens is 1. The summed E-state index contributed by atoms with van der Waals surface area (Å²) in [4.78, 5) is 0.755. The van der Waals surface area contributed by atoms with Crippen LogP contribution in [-0.2, 0) is 12.8 Å². The first-order valence-corrected chi connectivity index (χ1v) is 7.91. The molecule has 2 unspecified atom stereocenters. The van der Waals surface area contributed by atoms with Crippen LogP contribution >= 0.6 is 15.9 Å². The van der Waals surface area contributed by atoms with Gasteiger partial charge in [0, 0.05) is 4.83 Å². The minimum absolute atomic E-state index is 0.755. The van der Waals surface area contributed by atoms with Gasteiger partial charge in [-0.1, -0.05) is 66.4 Å². The van der Waals surface area contributed by atoms with E-state index in [0.29, 0.717) is 0 Å². The van der Waals surface area contributed by atoms with Gasteiger partial charge in [-0.3, -0.25) is 0 Å². The second-order valence-corrected chi connectivity index (χ2v) is 6.65. The smallest absolute Gasteiger partial charge is 0.0148 e. The fourth-order valence-electron chi connectivity index (χ4n) is 2.83. The third-order valence-electron chi connectivity index (χ3n) is 3.92. The molecule has 17 heavy (non-hydrogen) atoms. The molecule has 0 N–H and O–H groups in total. The summed E-state index contributed by atoms with van der Waals surface area (Å²) in [7, 11) is 0. The normalized spacial score (nSPS) is 25.5. The molecule has 1 aromatic carbocycles. The number of aryl methyl sites for hydroxylation is 1. The van der Waals surface area contributed by atoms with Crippen molar-refractivity contribution < 1.29 is 0 Å². The van der Waals surface area contributed by atoms with Crippen molar-refractivity contribution in [1.29, 1.82) is 0 Å². The topological polar surface area (TPSA) is 0 Å². The molecule has 0 radical (unpaired) electrons. The van der Waals surface area contributed by atoms with Crippen molar-refractivity contribution in [3.8, 4) is 0 Å². The predicted molar refractivity (Wildman–Crippen MR) is 78.8 cm³/mol. The summed E-state index contributed by atoms with van der Waals surface area (Å²) in [6.07, 6.45) is 9.37. The molecule has 1 aliphatic rings. The first-order chi connectivity index (χ1) is 8.28. The Morgan fingerprint density at radius 1 is 1.06 bits per heavy atom. The standard InChI is InChI=1S/C16H23Br/c1-2-13-7-9-14(10-8-13)11-15-5-3-4-6-16(17)12-15/h7-10,15-16H,2-6,11-12H2,1H3. The van der Waals surface area contributed by atoms with Crippen LogP contribution in [0.1, 0.15) is 50.2 Å². The van der Waals surface area contributed by atoms with Gasteiger partial charge < -0.3 is 0 Å². The number of rotatable bonds is 3. The second kappa shape index (κ2) is 6.58. The third kappa shape index (κ3) is 4.13. The SMILES string of the molecule is CCc1ccc(CC2CCCCC(Br)C2)cc1. The van der Waals surface area contributed by atoms with Crippen molar-refractivity contribution in [2.24, 2.45) is 5.92 Å². The highest BCUT2D eigenvalue weighted by Gasteiger charge is 2.18. The van der Waals surface area contributed by atoms with Crippen LogP contribution in [0.2, 0.25) is 0 Å². The summed E-state index contributed by atoms with van der Waals surface area (Å²) < 4.78 is 0. The molecule has 2 rings (SSSR count). The Morgan fingerprint density at radius 3 is 2.41 bits per heavy atom. The Bertz CT molecular complexity index is 328. The molecular formula is C16H23Br. The zero-order valence-corrected chi connectivity index (χ0v) is 12.4. The Morgan fingerprint density at radius 2 is 1.71 bits per heavy atom. The maximum atomic E-state index is 3.81. The highest BCUT2D eigenvalue weighted by Crippen LogP contribution is 2.30. The molecule has 0 aliphatic heterocycles. The monoisotopic (exact) mass is 294 g/mol. The Hall–Kier alpha value is -0.300. The maximum Gasteiger partial charge on any atom is 0.0148 e. The van der Waals surface area contributed by atoms with E-state index < -0.39 is 0 Å². The van der Waals surface area contributed by atoms with Gasteiger partial charge in [0.15, 0.2) is 0 Å². The summed E-state index contributed by atoms with van der Waals surface area (Å²) in [6, 6.07) is 9.23. The van der Waals surface area contributed by atoms with Crippen molar-refractivity contribution in [3.05, 3.63) is 35.4 Å². The Kier molecular flexibility index (Phi) is 5.09. The molecule has 1 heteroatoms. The zero-order chi connectivity index (χ0) is 12.1. The van der Waals surface area contributed by atoms with E-state index in [1.807, 2.05) is 0 Å². The summed E-state index contributed by atoms with van der Waals surface area (Å²) in [5, 5.41) is 0. The van der Waals surface area contributed by atoms with E-state index in [1.54, 1.807) is 0 Å². The van der Waals surface area contributed by atoms with Crippen molar-refractivity contribution in [3.63, 3.8) is 0 Å². The highest BCUT2D eigenvalue weighted by molar-refractivity contribution is 9.09. The van der Waals surface area contributed by atoms with E-state index in [4.69, 9.17) is 0 Å². The van der Waals surface area contributed by atoms with Crippen LogP contribution in [-0.4, -0.2) is 4.83 Å². The molecule has 0 saturated heterocycles. The lowest BCUT2D eigenvalue weighted by Gasteiger charge is -2.16. The van der Waals surface area contributed by atoms with Crippen LogP contribution in [0.25, 0.3) is 0 Å². The minimum Gasteiger partial charge on any atom is -0.0891 e.